The Morgan fingerprint density at radius 3 is 1.94 bits per heavy atom. The van der Waals surface area contributed by atoms with Gasteiger partial charge in [0.05, 0.1) is 13.7 Å². The number of carbonyl (C=O) groups excluding carboxylic acids is 2. The van der Waals surface area contributed by atoms with Crippen LogP contribution in [0.3, 0.4) is 0 Å². The monoisotopic (exact) mass is 270 g/mol. The molecule has 6 nitrogen and oxygen atoms in total. The van der Waals surface area contributed by atoms with Crippen LogP contribution in [0.2, 0.25) is 0 Å². The largest absolute Gasteiger partial charge is 0.549 e. The lowest BCUT2D eigenvalue weighted by Crippen LogP contribution is -2.42. The molecule has 0 saturated heterocycles. The summed E-state index contributed by atoms with van der Waals surface area (Å²) in [6.07, 6.45) is 0.278. The first-order chi connectivity index (χ1) is 7.25. The molecule has 0 saturated carbocycles. The molecule has 2 N–H and O–H groups in total. The van der Waals surface area contributed by atoms with Gasteiger partial charge in [-0.3, -0.25) is 4.79 Å². The van der Waals surface area contributed by atoms with Gasteiger partial charge in [-0.15, -0.1) is 12.4 Å². The molecule has 0 amide bonds. The predicted octanol–water partition coefficient (Wildman–Crippen LogP) is 1.67. The van der Waals surface area contributed by atoms with Gasteiger partial charge in [0, 0.05) is 0 Å². The molecule has 0 heterocycles. The van der Waals surface area contributed by atoms with Gasteiger partial charge in [-0.05, 0) is 20.3 Å². The number of halogens is 1. The highest BCUT2D eigenvalue weighted by Crippen LogP contribution is 1.97. The summed E-state index contributed by atoms with van der Waals surface area (Å²) in [7, 11) is 1.32. The fraction of sp³-hybridized carbons (Fsp3) is 0.800. The molecule has 0 aromatic rings. The van der Waals surface area contributed by atoms with Gasteiger partial charge < -0.3 is 15.2 Å². The van der Waals surface area contributed by atoms with Crippen LogP contribution in [0.4, 0.5) is 4.79 Å². The van der Waals surface area contributed by atoms with Crippen molar-refractivity contribution in [1.29, 1.82) is 0 Å². The summed E-state index contributed by atoms with van der Waals surface area (Å²) in [5, 5.41) is 9.54. The van der Waals surface area contributed by atoms with Crippen LogP contribution in [-0.4, -0.2) is 31.4 Å². The zero-order valence-electron chi connectivity index (χ0n) is 10.6. The highest BCUT2D eigenvalue weighted by Gasteiger charge is 2.21. The normalized spacial score (nSPS) is 9.24. The van der Waals surface area contributed by atoms with E-state index in [4.69, 9.17) is 5.73 Å². The van der Waals surface area contributed by atoms with Gasteiger partial charge in [0.25, 0.3) is 0 Å². The number of ether oxygens (including phenoxy) is 2. The SMILES string of the molecule is CCCCOC([O])=O.COC(=O)C(C)(C)N.Cl. The number of hydrogen-bond acceptors (Lipinski definition) is 5. The van der Waals surface area contributed by atoms with E-state index in [-0.39, 0.29) is 19.0 Å². The van der Waals surface area contributed by atoms with Crippen LogP contribution in [0.1, 0.15) is 33.6 Å². The van der Waals surface area contributed by atoms with Crippen LogP contribution in [0.15, 0.2) is 0 Å². The van der Waals surface area contributed by atoms with Crippen molar-refractivity contribution in [1.82, 2.24) is 0 Å². The zero-order valence-corrected chi connectivity index (χ0v) is 11.5. The van der Waals surface area contributed by atoms with E-state index in [0.717, 1.165) is 12.8 Å². The quantitative estimate of drug-likeness (QED) is 0.619. The van der Waals surface area contributed by atoms with Crippen molar-refractivity contribution in [2.75, 3.05) is 13.7 Å². The summed E-state index contributed by atoms with van der Waals surface area (Å²) in [5.41, 5.74) is 4.46. The average molecular weight is 271 g/mol. The van der Waals surface area contributed by atoms with E-state index in [1.165, 1.54) is 7.11 Å². The van der Waals surface area contributed by atoms with Gasteiger partial charge in [-0.25, -0.2) is 0 Å². The van der Waals surface area contributed by atoms with Gasteiger partial charge >= 0.3 is 12.1 Å². The third-order valence-electron chi connectivity index (χ3n) is 1.43. The van der Waals surface area contributed by atoms with Crippen LogP contribution in [0.25, 0.3) is 0 Å². The maximum Gasteiger partial charge on any atom is 0.549 e. The summed E-state index contributed by atoms with van der Waals surface area (Å²) in [6.45, 7) is 5.41. The van der Waals surface area contributed by atoms with Crippen LogP contribution in [0, 0.1) is 0 Å². The average Bonchev–Trinajstić information content (AvgIpc) is 2.16. The molecule has 17 heavy (non-hydrogen) atoms. The molecule has 7 heteroatoms. The molecule has 0 bridgehead atoms. The van der Waals surface area contributed by atoms with Crippen molar-refractivity contribution in [2.24, 2.45) is 5.73 Å². The molecule has 0 aliphatic rings. The summed E-state index contributed by atoms with van der Waals surface area (Å²) in [5.74, 6) is -0.391. The second kappa shape index (κ2) is 11.5. The molecule has 0 spiro atoms. The smallest absolute Gasteiger partial charge is 0.468 e. The van der Waals surface area contributed by atoms with Crippen molar-refractivity contribution in [3.8, 4) is 0 Å². The molecule has 103 valence electrons. The molecule has 0 fully saturated rings. The van der Waals surface area contributed by atoms with Crippen LogP contribution < -0.4 is 5.73 Å². The number of esters is 1. The number of unbranched alkanes of at least 4 members (excludes halogenated alkanes) is 1. The van der Waals surface area contributed by atoms with E-state index >= 15 is 0 Å². The molecule has 0 aromatic carbocycles. The Hall–Kier alpha value is -1.01. The third-order valence-corrected chi connectivity index (χ3v) is 1.43. The molecular weight excluding hydrogens is 250 g/mol. The van der Waals surface area contributed by atoms with Crippen LogP contribution in [-0.2, 0) is 19.4 Å². The third kappa shape index (κ3) is 17.6. The van der Waals surface area contributed by atoms with Gasteiger partial charge in [-0.1, -0.05) is 13.3 Å². The Kier molecular flexibility index (Phi) is 14.4. The minimum atomic E-state index is -1.43. The van der Waals surface area contributed by atoms with Crippen molar-refractivity contribution >= 4 is 24.5 Å². The fourth-order valence-electron chi connectivity index (χ4n) is 0.563. The fourth-order valence-corrected chi connectivity index (χ4v) is 0.563. The first-order valence-electron chi connectivity index (χ1n) is 4.96. The first kappa shape index (κ1) is 21.3. The van der Waals surface area contributed by atoms with Crippen molar-refractivity contribution in [3.05, 3.63) is 0 Å². The Morgan fingerprint density at radius 1 is 1.29 bits per heavy atom. The topological polar surface area (TPSA) is 98.5 Å². The summed E-state index contributed by atoms with van der Waals surface area (Å²) < 4.78 is 8.44. The summed E-state index contributed by atoms with van der Waals surface area (Å²) >= 11 is 0. The number of carbonyl (C=O) groups is 2. The molecule has 1 radical (unpaired) electrons. The Bertz CT molecular complexity index is 215. The zero-order chi connectivity index (χ0) is 13.2. The van der Waals surface area contributed by atoms with E-state index in [2.05, 4.69) is 9.47 Å². The van der Waals surface area contributed by atoms with Gasteiger partial charge in [0.15, 0.2) is 0 Å². The summed E-state index contributed by atoms with van der Waals surface area (Å²) in [6, 6.07) is 0. The van der Waals surface area contributed by atoms with Gasteiger partial charge in [0.1, 0.15) is 5.54 Å². The lowest BCUT2D eigenvalue weighted by molar-refractivity contribution is -0.145. The van der Waals surface area contributed by atoms with Gasteiger partial charge in [-0.2, -0.15) is 9.90 Å². The molecule has 0 unspecified atom stereocenters. The maximum absolute atomic E-state index is 10.5. The highest BCUT2D eigenvalue weighted by atomic mass is 35.5. The minimum absolute atomic E-state index is 0. The Balaban J connectivity index is -0.000000218. The van der Waals surface area contributed by atoms with Crippen molar-refractivity contribution in [2.45, 2.75) is 39.2 Å². The molecule has 0 rings (SSSR count). The number of hydrogen-bond donors (Lipinski definition) is 1. The van der Waals surface area contributed by atoms with E-state index in [9.17, 15) is 14.7 Å². The Morgan fingerprint density at radius 2 is 1.76 bits per heavy atom. The maximum atomic E-state index is 10.5. The first-order valence-corrected chi connectivity index (χ1v) is 4.96. The second-order valence-corrected chi connectivity index (χ2v) is 3.67. The minimum Gasteiger partial charge on any atom is -0.468 e. The van der Waals surface area contributed by atoms with E-state index < -0.39 is 17.7 Å². The molecule has 0 aliphatic carbocycles. The summed E-state index contributed by atoms with van der Waals surface area (Å²) in [4.78, 5) is 20.0. The standard InChI is InChI=1S/C5H11NO2.C5H9O3.ClH/c1-5(2,6)4(7)8-3;1-2-3-4-8-5(6)7;/h6H2,1-3H3;2-4H2,1H3;1H. The lowest BCUT2D eigenvalue weighted by Gasteiger charge is -2.13. The predicted molar refractivity (Wildman–Crippen MR) is 64.5 cm³/mol. The molecular formula is C10H21ClNO5. The molecule has 0 atom stereocenters. The lowest BCUT2D eigenvalue weighted by atomic mass is 10.1. The molecule has 0 aliphatic heterocycles. The molecule has 0 aromatic heterocycles. The van der Waals surface area contributed by atoms with Crippen LogP contribution in [0.5, 0.6) is 0 Å². The van der Waals surface area contributed by atoms with E-state index in [1.807, 2.05) is 6.92 Å². The Labute approximate surface area is 108 Å². The second-order valence-electron chi connectivity index (χ2n) is 3.67. The van der Waals surface area contributed by atoms with E-state index in [1.54, 1.807) is 13.8 Å². The van der Waals surface area contributed by atoms with Crippen molar-refractivity contribution in [3.63, 3.8) is 0 Å². The number of methoxy groups -OCH3 is 1. The van der Waals surface area contributed by atoms with Crippen LogP contribution >= 0.6 is 12.4 Å². The van der Waals surface area contributed by atoms with Gasteiger partial charge in [0.2, 0.25) is 0 Å². The van der Waals surface area contributed by atoms with Crippen molar-refractivity contribution < 1.29 is 24.2 Å². The van der Waals surface area contributed by atoms with E-state index in [0.29, 0.717) is 0 Å². The number of nitrogens with two attached hydrogens (primary N) is 1. The number of rotatable bonds is 4. The highest BCUT2D eigenvalue weighted by molar-refractivity contribution is 5.85.